The maximum absolute atomic E-state index is 4.94. The molecule has 23 heavy (non-hydrogen) atoms. The first-order valence-electron chi connectivity index (χ1n) is 7.07. The summed E-state index contributed by atoms with van der Waals surface area (Å²) in [5.74, 6) is 1.04. The Balaban J connectivity index is 1.93. The summed E-state index contributed by atoms with van der Waals surface area (Å²) < 4.78 is 4.61. The van der Waals surface area contributed by atoms with Crippen molar-refractivity contribution < 1.29 is 0 Å². The predicted molar refractivity (Wildman–Crippen MR) is 107 cm³/mol. The van der Waals surface area contributed by atoms with E-state index in [-0.39, 0.29) is 0 Å². The van der Waals surface area contributed by atoms with Crippen LogP contribution in [-0.2, 0) is 6.54 Å². The number of aryl methyl sites for hydroxylation is 1. The summed E-state index contributed by atoms with van der Waals surface area (Å²) in [4.78, 5) is 7.44. The fourth-order valence-corrected chi connectivity index (χ4v) is 5.52. The fraction of sp³-hybridized carbons (Fsp3) is 0.118. The Hall–Kier alpha value is -0.950. The van der Waals surface area contributed by atoms with Gasteiger partial charge >= 0.3 is 0 Å². The van der Waals surface area contributed by atoms with Gasteiger partial charge in [-0.2, -0.15) is 0 Å². The van der Waals surface area contributed by atoms with Gasteiger partial charge in [0.05, 0.1) is 30.0 Å². The van der Waals surface area contributed by atoms with Crippen molar-refractivity contribution in [2.75, 3.05) is 0 Å². The molecule has 0 aliphatic heterocycles. The first-order chi connectivity index (χ1) is 11.1. The van der Waals surface area contributed by atoms with Gasteiger partial charge in [-0.25, -0.2) is 4.98 Å². The first kappa shape index (κ1) is 15.6. The van der Waals surface area contributed by atoms with Crippen LogP contribution in [0.15, 0.2) is 50.0 Å². The van der Waals surface area contributed by atoms with Crippen LogP contribution in [0, 0.1) is 6.92 Å². The van der Waals surface area contributed by atoms with E-state index in [1.165, 1.54) is 20.8 Å². The molecule has 3 aromatic heterocycles. The van der Waals surface area contributed by atoms with Crippen molar-refractivity contribution in [2.24, 2.45) is 0 Å². The highest BCUT2D eigenvalue weighted by atomic mass is 79.9. The lowest BCUT2D eigenvalue weighted by atomic mass is 10.2. The minimum absolute atomic E-state index is 0.834. The molecule has 0 saturated carbocycles. The van der Waals surface area contributed by atoms with Gasteiger partial charge < -0.3 is 4.57 Å². The van der Waals surface area contributed by atoms with E-state index in [4.69, 9.17) is 4.98 Å². The Morgan fingerprint density at radius 3 is 2.48 bits per heavy atom. The van der Waals surface area contributed by atoms with Crippen LogP contribution in [0.1, 0.15) is 10.4 Å². The zero-order chi connectivity index (χ0) is 16.0. The highest BCUT2D eigenvalue weighted by Gasteiger charge is 2.16. The van der Waals surface area contributed by atoms with Gasteiger partial charge in [-0.1, -0.05) is 12.1 Å². The molecular weight excluding hydrogens is 456 g/mol. The molecule has 4 rings (SSSR count). The highest BCUT2D eigenvalue weighted by Crippen LogP contribution is 2.35. The van der Waals surface area contributed by atoms with E-state index in [2.05, 4.69) is 85.8 Å². The second-order valence-electron chi connectivity index (χ2n) is 5.27. The van der Waals surface area contributed by atoms with Crippen molar-refractivity contribution >= 4 is 65.6 Å². The molecular formula is C17H12Br2N2S2. The van der Waals surface area contributed by atoms with E-state index in [0.717, 1.165) is 25.5 Å². The minimum atomic E-state index is 0.834. The molecule has 0 unspecified atom stereocenters. The molecule has 6 heteroatoms. The van der Waals surface area contributed by atoms with Crippen LogP contribution in [0.25, 0.3) is 21.7 Å². The summed E-state index contributed by atoms with van der Waals surface area (Å²) in [6, 6.07) is 14.9. The highest BCUT2D eigenvalue weighted by molar-refractivity contribution is 9.11. The average molecular weight is 468 g/mol. The number of fused-ring (bicyclic) bond motifs is 1. The summed E-state index contributed by atoms with van der Waals surface area (Å²) in [6.45, 7) is 2.95. The van der Waals surface area contributed by atoms with Crippen LogP contribution in [0.4, 0.5) is 0 Å². The fourth-order valence-electron chi connectivity index (χ4n) is 2.66. The van der Waals surface area contributed by atoms with Crippen molar-refractivity contribution in [3.05, 3.63) is 60.5 Å². The molecule has 0 fully saturated rings. The largest absolute Gasteiger partial charge is 0.318 e. The normalized spacial score (nSPS) is 11.4. The van der Waals surface area contributed by atoms with Crippen LogP contribution in [-0.4, -0.2) is 9.55 Å². The van der Waals surface area contributed by atoms with E-state index in [9.17, 15) is 0 Å². The Kier molecular flexibility index (Phi) is 4.17. The molecule has 1 aromatic carbocycles. The number of hydrogen-bond donors (Lipinski definition) is 0. The van der Waals surface area contributed by atoms with Crippen molar-refractivity contribution in [2.45, 2.75) is 13.5 Å². The van der Waals surface area contributed by atoms with E-state index < -0.39 is 0 Å². The molecule has 0 amide bonds. The van der Waals surface area contributed by atoms with Crippen LogP contribution in [0.3, 0.4) is 0 Å². The van der Waals surface area contributed by atoms with Gasteiger partial charge in [0.1, 0.15) is 0 Å². The number of hydrogen-bond acceptors (Lipinski definition) is 3. The van der Waals surface area contributed by atoms with Gasteiger partial charge in [0.25, 0.3) is 0 Å². The molecule has 116 valence electrons. The lowest BCUT2D eigenvalue weighted by Gasteiger charge is -2.07. The number of aromatic nitrogens is 2. The molecule has 0 aliphatic carbocycles. The van der Waals surface area contributed by atoms with Crippen molar-refractivity contribution in [1.82, 2.24) is 9.55 Å². The van der Waals surface area contributed by atoms with Gasteiger partial charge in [0.15, 0.2) is 5.82 Å². The van der Waals surface area contributed by atoms with E-state index in [1.54, 1.807) is 22.7 Å². The number of rotatable bonds is 3. The molecule has 0 N–H and O–H groups in total. The predicted octanol–water partition coefficient (Wildman–Crippen LogP) is 6.71. The quantitative estimate of drug-likeness (QED) is 0.327. The van der Waals surface area contributed by atoms with Crippen molar-refractivity contribution in [3.63, 3.8) is 0 Å². The second kappa shape index (κ2) is 6.16. The summed E-state index contributed by atoms with van der Waals surface area (Å²) in [5, 5.41) is 0. The van der Waals surface area contributed by atoms with Gasteiger partial charge in [0, 0.05) is 4.88 Å². The van der Waals surface area contributed by atoms with Crippen molar-refractivity contribution in [3.8, 4) is 10.7 Å². The zero-order valence-electron chi connectivity index (χ0n) is 12.2. The number of benzene rings is 1. The number of para-hydroxylation sites is 1. The smallest absolute Gasteiger partial charge is 0.151 e. The van der Waals surface area contributed by atoms with Crippen LogP contribution in [0.5, 0.6) is 0 Å². The summed E-state index contributed by atoms with van der Waals surface area (Å²) >= 11 is 10.6. The van der Waals surface area contributed by atoms with E-state index in [1.807, 2.05) is 0 Å². The van der Waals surface area contributed by atoms with E-state index in [0.29, 0.717) is 0 Å². The molecule has 0 saturated heterocycles. The molecule has 3 heterocycles. The molecule has 4 aromatic rings. The first-order valence-corrected chi connectivity index (χ1v) is 10.3. The minimum Gasteiger partial charge on any atom is -0.318 e. The number of halogens is 2. The average Bonchev–Trinajstić information content (AvgIpc) is 3.21. The number of nitrogens with zero attached hydrogens (tertiary/aromatic N) is 2. The molecule has 2 nitrogen and oxygen atoms in total. The third-order valence-corrected chi connectivity index (χ3v) is 6.95. The van der Waals surface area contributed by atoms with Crippen LogP contribution in [0.2, 0.25) is 0 Å². The third kappa shape index (κ3) is 2.93. The molecule has 0 spiro atoms. The third-order valence-electron chi connectivity index (χ3n) is 3.72. The lowest BCUT2D eigenvalue weighted by molar-refractivity contribution is 0.850. The van der Waals surface area contributed by atoms with Gasteiger partial charge in [-0.05, 0) is 74.7 Å². The SMILES string of the molecule is Cc1cccc2c1nc(-c1ccc(Br)s1)n2Cc1ccc(Br)s1. The molecule has 0 radical (unpaired) electrons. The Labute approximate surface area is 159 Å². The van der Waals surface area contributed by atoms with Crippen LogP contribution >= 0.6 is 54.5 Å². The molecule has 0 bridgehead atoms. The van der Waals surface area contributed by atoms with Gasteiger partial charge in [-0.15, -0.1) is 22.7 Å². The number of thiophene rings is 2. The van der Waals surface area contributed by atoms with Gasteiger partial charge in [0.2, 0.25) is 0 Å². The molecule has 0 aliphatic rings. The van der Waals surface area contributed by atoms with Crippen LogP contribution < -0.4 is 0 Å². The van der Waals surface area contributed by atoms with E-state index >= 15 is 0 Å². The zero-order valence-corrected chi connectivity index (χ0v) is 17.0. The maximum atomic E-state index is 4.94. The Morgan fingerprint density at radius 1 is 1.00 bits per heavy atom. The lowest BCUT2D eigenvalue weighted by Crippen LogP contribution is -1.99. The Bertz CT molecular complexity index is 997. The van der Waals surface area contributed by atoms with Crippen molar-refractivity contribution in [1.29, 1.82) is 0 Å². The summed E-state index contributed by atoms with van der Waals surface area (Å²) in [6.07, 6.45) is 0. The summed E-state index contributed by atoms with van der Waals surface area (Å²) in [5.41, 5.74) is 3.49. The monoisotopic (exact) mass is 466 g/mol. The standard InChI is InChI=1S/C17H12Br2N2S2/c1-10-3-2-4-12-16(10)20-17(13-6-8-15(19)23-13)21(12)9-11-5-7-14(18)22-11/h2-8H,9H2,1H3. The molecule has 0 atom stereocenters. The topological polar surface area (TPSA) is 17.8 Å². The number of imidazole rings is 1. The second-order valence-corrected chi connectivity index (χ2v) is 10.3. The maximum Gasteiger partial charge on any atom is 0.151 e. The van der Waals surface area contributed by atoms with Gasteiger partial charge in [-0.3, -0.25) is 0 Å². The Morgan fingerprint density at radius 2 is 1.78 bits per heavy atom. The summed E-state index contributed by atoms with van der Waals surface area (Å²) in [7, 11) is 0.